The van der Waals surface area contributed by atoms with Gasteiger partial charge < -0.3 is 46.3 Å². The minimum Gasteiger partial charge on any atom is -0.478 e. The fourth-order valence-corrected chi connectivity index (χ4v) is 9.25. The van der Waals surface area contributed by atoms with Gasteiger partial charge in [0, 0.05) is 23.5 Å². The summed E-state index contributed by atoms with van der Waals surface area (Å²) in [5, 5.41) is 59.7. The maximum atomic E-state index is 13.6. The van der Waals surface area contributed by atoms with E-state index in [-0.39, 0.29) is 18.0 Å². The zero-order chi connectivity index (χ0) is 37.0. The topological polar surface area (TPSA) is 208 Å². The van der Waals surface area contributed by atoms with Crippen molar-refractivity contribution in [3.05, 3.63) is 70.0 Å². The Morgan fingerprint density at radius 1 is 0.922 bits per heavy atom. The molecule has 4 aliphatic carbocycles. The highest BCUT2D eigenvalue weighted by Crippen LogP contribution is 2.61. The van der Waals surface area contributed by atoms with E-state index in [1.165, 1.54) is 56.2 Å². The molecule has 1 aromatic heterocycles. The summed E-state index contributed by atoms with van der Waals surface area (Å²) in [5.41, 5.74) is 6.78. The van der Waals surface area contributed by atoms with E-state index < -0.39 is 37.0 Å². The number of carbonyl (C=O) groups is 2. The largest absolute Gasteiger partial charge is 0.478 e. The number of carboxylic acids is 1. The monoisotopic (exact) mass is 706 g/mol. The molecular weight excluding hydrogens is 652 g/mol. The molecule has 9 N–H and O–H groups in total. The summed E-state index contributed by atoms with van der Waals surface area (Å²) in [6, 6.07) is 10.7. The van der Waals surface area contributed by atoms with Gasteiger partial charge in [0.25, 0.3) is 5.91 Å². The number of carbonyl (C=O) groups excluding carboxylic acids is 1. The van der Waals surface area contributed by atoms with Crippen LogP contribution in [0.4, 0.5) is 5.69 Å². The van der Waals surface area contributed by atoms with E-state index in [2.05, 4.69) is 48.5 Å². The van der Waals surface area contributed by atoms with Gasteiger partial charge in [0.05, 0.1) is 18.3 Å². The first kappa shape index (κ1) is 38.6. The summed E-state index contributed by atoms with van der Waals surface area (Å²) < 4.78 is 0. The number of likely N-dealkylation sites (N-methyl/N-ethyl adjacent to an activating group) is 1. The molecule has 4 aliphatic rings. The van der Waals surface area contributed by atoms with Gasteiger partial charge in [0.2, 0.25) is 0 Å². The number of hydrogen-bond donors (Lipinski definition) is 9. The lowest BCUT2D eigenvalue weighted by Crippen LogP contribution is -2.48. The van der Waals surface area contributed by atoms with Crippen LogP contribution in [-0.4, -0.2) is 97.1 Å². The van der Waals surface area contributed by atoms with Crippen LogP contribution in [0.1, 0.15) is 88.2 Å². The maximum Gasteiger partial charge on any atom is 0.335 e. The van der Waals surface area contributed by atoms with Crippen molar-refractivity contribution in [1.29, 1.82) is 0 Å². The number of nitrogens with zero attached hydrogens (tertiary/aromatic N) is 1. The molecule has 4 saturated carbocycles. The number of aliphatic hydroxyl groups excluding tert-OH is 5. The number of aromatic carboxylic acids is 1. The van der Waals surface area contributed by atoms with Gasteiger partial charge in [-0.1, -0.05) is 23.8 Å². The molecule has 4 fully saturated rings. The normalized spacial score (nSPS) is 24.3. The summed E-state index contributed by atoms with van der Waals surface area (Å²) in [6.07, 6.45) is 4.48. The third kappa shape index (κ3) is 9.05. The first-order chi connectivity index (χ1) is 24.2. The number of aromatic amines is 1. The molecule has 7 rings (SSSR count). The van der Waals surface area contributed by atoms with Crippen LogP contribution >= 0.6 is 0 Å². The number of carboxylic acid groups (broad SMARTS) is 1. The van der Waals surface area contributed by atoms with Gasteiger partial charge in [0.15, 0.2) is 0 Å². The SMILES string of the molecule is CNC[C@H](O)[C@@H](O)[C@H](O)[C@H](O)CO.Cc1cc(C)c(-c2nc(C(=O)Nc3cccc(C(=O)O)c3)c(CCC34CC5CC(CC(C5)C3)C4)[nH]2)c(C)c1. The summed E-state index contributed by atoms with van der Waals surface area (Å²) in [5.74, 6) is 2.06. The third-order valence-electron chi connectivity index (χ3n) is 11.1. The van der Waals surface area contributed by atoms with Crippen LogP contribution in [0.25, 0.3) is 11.4 Å². The number of hydrogen-bond acceptors (Lipinski definition) is 9. The number of H-pyrrole nitrogens is 1. The molecule has 0 aliphatic heterocycles. The predicted octanol–water partition coefficient (Wildman–Crippen LogP) is 3.74. The number of amides is 1. The van der Waals surface area contributed by atoms with Crippen molar-refractivity contribution < 1.29 is 40.2 Å². The average Bonchev–Trinajstić information content (AvgIpc) is 3.49. The number of anilines is 1. The molecule has 0 radical (unpaired) electrons. The van der Waals surface area contributed by atoms with Crippen molar-refractivity contribution >= 4 is 17.6 Å². The Morgan fingerprint density at radius 3 is 2.06 bits per heavy atom. The zero-order valence-electron chi connectivity index (χ0n) is 30.0. The highest BCUT2D eigenvalue weighted by molar-refractivity contribution is 6.04. The Hall–Kier alpha value is -3.65. The molecule has 0 unspecified atom stereocenters. The minimum absolute atomic E-state index is 0.0936. The van der Waals surface area contributed by atoms with Crippen LogP contribution in [0.2, 0.25) is 0 Å². The van der Waals surface area contributed by atoms with Crippen LogP contribution in [-0.2, 0) is 6.42 Å². The van der Waals surface area contributed by atoms with E-state index >= 15 is 0 Å². The van der Waals surface area contributed by atoms with E-state index in [0.717, 1.165) is 58.8 Å². The molecule has 51 heavy (non-hydrogen) atoms. The molecule has 4 bridgehead atoms. The van der Waals surface area contributed by atoms with E-state index in [1.807, 2.05) is 0 Å². The Bertz CT molecular complexity index is 1630. The standard InChI is InChI=1S/C32H37N3O3.C7H17NO5/c1-18-9-19(2)27(20(3)10-18)29-34-26(7-8-32-15-21-11-22(16-32)13-23(12-21)17-32)28(35-29)30(36)33-25-6-4-5-24(14-25)31(37)38;1-8-2-4(10)6(12)7(13)5(11)3-9/h4-6,9-10,14,21-23H,7-8,11-13,15-17H2,1-3H3,(H,33,36)(H,34,35)(H,37,38);4-13H,2-3H2,1H3/t;4-,5+,6+,7+/m.0/s1. The Morgan fingerprint density at radius 2 is 1.51 bits per heavy atom. The van der Waals surface area contributed by atoms with E-state index in [1.54, 1.807) is 19.2 Å². The van der Waals surface area contributed by atoms with Crippen molar-refractivity contribution in [1.82, 2.24) is 15.3 Å². The van der Waals surface area contributed by atoms with Crippen molar-refractivity contribution in [3.63, 3.8) is 0 Å². The van der Waals surface area contributed by atoms with Crippen LogP contribution in [0.3, 0.4) is 0 Å². The Balaban J connectivity index is 0.000000332. The smallest absolute Gasteiger partial charge is 0.335 e. The molecule has 12 nitrogen and oxygen atoms in total. The average molecular weight is 707 g/mol. The highest BCUT2D eigenvalue weighted by Gasteiger charge is 2.50. The number of imidazole rings is 1. The minimum atomic E-state index is -1.55. The molecule has 0 saturated heterocycles. The molecule has 2 aromatic carbocycles. The number of aryl methyl sites for hydroxylation is 4. The van der Waals surface area contributed by atoms with Gasteiger partial charge in [0.1, 0.15) is 29.8 Å². The van der Waals surface area contributed by atoms with Crippen molar-refractivity contribution in [2.75, 3.05) is 25.5 Å². The number of aromatic nitrogens is 2. The second kappa shape index (κ2) is 16.4. The summed E-state index contributed by atoms with van der Waals surface area (Å²) in [4.78, 5) is 33.4. The molecule has 4 atom stereocenters. The van der Waals surface area contributed by atoms with Gasteiger partial charge in [-0.05, 0) is 132 Å². The molecular formula is C39H54N4O8. The molecule has 1 heterocycles. The Labute approximate surface area is 299 Å². The van der Waals surface area contributed by atoms with Crippen LogP contribution in [0, 0.1) is 43.9 Å². The lowest BCUT2D eigenvalue weighted by Gasteiger charge is -2.57. The van der Waals surface area contributed by atoms with E-state index in [4.69, 9.17) is 25.4 Å². The molecule has 3 aromatic rings. The molecule has 0 spiro atoms. The van der Waals surface area contributed by atoms with Crippen LogP contribution in [0.15, 0.2) is 36.4 Å². The molecule has 278 valence electrons. The summed E-state index contributed by atoms with van der Waals surface area (Å²) in [6.45, 7) is 5.70. The third-order valence-corrected chi connectivity index (χ3v) is 11.1. The first-order valence-electron chi connectivity index (χ1n) is 18.0. The van der Waals surface area contributed by atoms with Gasteiger partial charge in [-0.3, -0.25) is 4.79 Å². The van der Waals surface area contributed by atoms with Crippen LogP contribution < -0.4 is 10.6 Å². The summed E-state index contributed by atoms with van der Waals surface area (Å²) >= 11 is 0. The quantitative estimate of drug-likeness (QED) is 0.126. The lowest BCUT2D eigenvalue weighted by molar-refractivity contribution is -0.113. The van der Waals surface area contributed by atoms with E-state index in [9.17, 15) is 19.8 Å². The zero-order valence-corrected chi connectivity index (χ0v) is 30.0. The van der Waals surface area contributed by atoms with Crippen molar-refractivity contribution in [2.24, 2.45) is 23.2 Å². The summed E-state index contributed by atoms with van der Waals surface area (Å²) in [7, 11) is 1.57. The van der Waals surface area contributed by atoms with Crippen molar-refractivity contribution in [2.45, 2.75) is 96.6 Å². The van der Waals surface area contributed by atoms with Crippen molar-refractivity contribution in [3.8, 4) is 11.4 Å². The number of nitrogens with one attached hydrogen (secondary N) is 3. The van der Waals surface area contributed by atoms with Gasteiger partial charge in [-0.2, -0.15) is 0 Å². The first-order valence-corrected chi connectivity index (χ1v) is 18.0. The van der Waals surface area contributed by atoms with Gasteiger partial charge in [-0.15, -0.1) is 0 Å². The maximum absolute atomic E-state index is 13.6. The predicted molar refractivity (Wildman–Crippen MR) is 194 cm³/mol. The van der Waals surface area contributed by atoms with Gasteiger partial charge >= 0.3 is 5.97 Å². The van der Waals surface area contributed by atoms with Crippen LogP contribution in [0.5, 0.6) is 0 Å². The number of aliphatic hydroxyl groups is 5. The Kier molecular flexibility index (Phi) is 12.4. The number of rotatable bonds is 13. The molecule has 1 amide bonds. The second-order valence-corrected chi connectivity index (χ2v) is 15.3. The fourth-order valence-electron chi connectivity index (χ4n) is 9.25. The molecule has 12 heteroatoms. The fraction of sp³-hybridized carbons (Fsp3) is 0.564. The van der Waals surface area contributed by atoms with Gasteiger partial charge in [-0.25, -0.2) is 9.78 Å². The second-order valence-electron chi connectivity index (χ2n) is 15.3. The van der Waals surface area contributed by atoms with E-state index in [0.29, 0.717) is 16.8 Å². The highest BCUT2D eigenvalue weighted by atomic mass is 16.4. The number of benzene rings is 2. The lowest BCUT2D eigenvalue weighted by atomic mass is 9.48.